The van der Waals surface area contributed by atoms with Gasteiger partial charge >= 0.3 is 5.97 Å². The first-order valence-corrected chi connectivity index (χ1v) is 9.36. The lowest BCUT2D eigenvalue weighted by Gasteiger charge is -2.37. The first kappa shape index (κ1) is 22.4. The van der Waals surface area contributed by atoms with Gasteiger partial charge in [0.05, 0.1) is 6.61 Å². The number of hydroxylamine groups is 2. The maximum atomic E-state index is 12.7. The van der Waals surface area contributed by atoms with Crippen molar-refractivity contribution in [3.05, 3.63) is 0 Å². The summed E-state index contributed by atoms with van der Waals surface area (Å²) in [7, 11) is 0. The second kappa shape index (κ2) is 9.87. The van der Waals surface area contributed by atoms with E-state index in [0.29, 0.717) is 0 Å². The summed E-state index contributed by atoms with van der Waals surface area (Å²) in [5.41, 5.74) is -2.44. The minimum absolute atomic E-state index is 0.00720. The van der Waals surface area contributed by atoms with Gasteiger partial charge in [-0.2, -0.15) is 5.06 Å². The number of carbonyl (C=O) groups is 3. The molecule has 0 saturated heterocycles. The van der Waals surface area contributed by atoms with E-state index in [0.717, 1.165) is 32.1 Å². The third kappa shape index (κ3) is 5.67. The Balaban J connectivity index is 2.95. The van der Waals surface area contributed by atoms with Crippen LogP contribution in [-0.4, -0.2) is 51.5 Å². The molecule has 1 unspecified atom stereocenters. The second-order valence-corrected chi connectivity index (χ2v) is 7.35. The Labute approximate surface area is 154 Å². The third-order valence-electron chi connectivity index (χ3n) is 4.57. The van der Waals surface area contributed by atoms with E-state index in [1.807, 2.05) is 0 Å². The molecular formula is C18H32N2O6. The predicted molar refractivity (Wildman–Crippen MR) is 93.9 cm³/mol. The molecule has 2 atom stereocenters. The molecular weight excluding hydrogens is 340 g/mol. The molecule has 26 heavy (non-hydrogen) atoms. The van der Waals surface area contributed by atoms with Crippen LogP contribution in [-0.2, 0) is 19.1 Å². The number of esters is 1. The summed E-state index contributed by atoms with van der Waals surface area (Å²) in [6, 6.07) is -0.0964. The zero-order chi connectivity index (χ0) is 19.9. The van der Waals surface area contributed by atoms with Crippen molar-refractivity contribution in [1.29, 1.82) is 0 Å². The molecule has 0 bridgehead atoms. The van der Waals surface area contributed by atoms with E-state index >= 15 is 0 Å². The molecule has 0 aromatic carbocycles. The van der Waals surface area contributed by atoms with E-state index in [-0.39, 0.29) is 30.1 Å². The quantitative estimate of drug-likeness (QED) is 0.196. The van der Waals surface area contributed by atoms with Crippen LogP contribution < -0.4 is 5.32 Å². The summed E-state index contributed by atoms with van der Waals surface area (Å²) < 4.78 is 4.77. The minimum Gasteiger partial charge on any atom is -0.465 e. The van der Waals surface area contributed by atoms with Crippen LogP contribution in [0.25, 0.3) is 0 Å². The standard InChI is InChI=1S/C18H32N2O6/c1-5-26-16(22)13(4)15(21)20(25)18(24,11-12(2)3)17(23)19-14-9-7-6-8-10-14/h12-14,24-25H,5-11H2,1-4H3,(H,19,23)/t13?,18-/m0/s1. The largest absolute Gasteiger partial charge is 0.465 e. The summed E-state index contributed by atoms with van der Waals surface area (Å²) >= 11 is 0. The van der Waals surface area contributed by atoms with Crippen molar-refractivity contribution < 1.29 is 29.4 Å². The highest BCUT2D eigenvalue weighted by Gasteiger charge is 2.48. The van der Waals surface area contributed by atoms with E-state index in [1.54, 1.807) is 20.8 Å². The van der Waals surface area contributed by atoms with Crippen LogP contribution in [0.5, 0.6) is 0 Å². The van der Waals surface area contributed by atoms with Gasteiger partial charge in [-0.3, -0.25) is 19.6 Å². The first-order valence-electron chi connectivity index (χ1n) is 9.36. The van der Waals surface area contributed by atoms with Crippen LogP contribution >= 0.6 is 0 Å². The zero-order valence-corrected chi connectivity index (χ0v) is 16.2. The lowest BCUT2D eigenvalue weighted by molar-refractivity contribution is -0.253. The SMILES string of the molecule is CCOC(=O)C(C)C(=O)N(O)[C@](O)(CC(C)C)C(=O)NC1CCCCC1. The van der Waals surface area contributed by atoms with Gasteiger partial charge < -0.3 is 15.2 Å². The Morgan fingerprint density at radius 2 is 1.77 bits per heavy atom. The fraction of sp³-hybridized carbons (Fsp3) is 0.833. The van der Waals surface area contributed by atoms with E-state index in [4.69, 9.17) is 4.74 Å². The van der Waals surface area contributed by atoms with Crippen molar-refractivity contribution in [1.82, 2.24) is 10.4 Å². The number of nitrogens with zero attached hydrogens (tertiary/aromatic N) is 1. The maximum absolute atomic E-state index is 12.7. The van der Waals surface area contributed by atoms with E-state index in [1.165, 1.54) is 6.92 Å². The monoisotopic (exact) mass is 372 g/mol. The Morgan fingerprint density at radius 3 is 2.27 bits per heavy atom. The smallest absolute Gasteiger partial charge is 0.318 e. The highest BCUT2D eigenvalue weighted by Crippen LogP contribution is 2.25. The molecule has 0 spiro atoms. The van der Waals surface area contributed by atoms with E-state index in [2.05, 4.69) is 5.32 Å². The predicted octanol–water partition coefficient (Wildman–Crippen LogP) is 1.59. The summed E-state index contributed by atoms with van der Waals surface area (Å²) in [5, 5.41) is 23.9. The third-order valence-corrected chi connectivity index (χ3v) is 4.57. The molecule has 0 aromatic rings. The van der Waals surface area contributed by atoms with E-state index in [9.17, 15) is 24.7 Å². The van der Waals surface area contributed by atoms with Crippen molar-refractivity contribution in [3.8, 4) is 0 Å². The zero-order valence-electron chi connectivity index (χ0n) is 16.2. The fourth-order valence-corrected chi connectivity index (χ4v) is 3.13. The van der Waals surface area contributed by atoms with Crippen molar-refractivity contribution in [3.63, 3.8) is 0 Å². The van der Waals surface area contributed by atoms with Crippen molar-refractivity contribution in [2.45, 2.75) is 78.0 Å². The molecule has 0 aliphatic heterocycles. The number of hydrogen-bond donors (Lipinski definition) is 3. The van der Waals surface area contributed by atoms with Gasteiger partial charge in [-0.25, -0.2) is 0 Å². The Kier molecular flexibility index (Phi) is 8.49. The van der Waals surface area contributed by atoms with Crippen LogP contribution in [0.15, 0.2) is 0 Å². The topological polar surface area (TPSA) is 116 Å². The normalized spacial score (nSPS) is 18.7. The average Bonchev–Trinajstić information content (AvgIpc) is 2.60. The van der Waals surface area contributed by atoms with Crippen LogP contribution in [0.4, 0.5) is 0 Å². The van der Waals surface area contributed by atoms with Gasteiger partial charge in [0.25, 0.3) is 11.8 Å². The highest BCUT2D eigenvalue weighted by atomic mass is 16.6. The lowest BCUT2D eigenvalue weighted by atomic mass is 9.93. The number of carbonyl (C=O) groups excluding carboxylic acids is 3. The average molecular weight is 372 g/mol. The molecule has 8 heteroatoms. The fourth-order valence-electron chi connectivity index (χ4n) is 3.13. The summed E-state index contributed by atoms with van der Waals surface area (Å²) in [6.07, 6.45) is 4.49. The molecule has 3 N–H and O–H groups in total. The molecule has 0 heterocycles. The molecule has 8 nitrogen and oxygen atoms in total. The molecule has 2 amide bonds. The Hall–Kier alpha value is -1.67. The van der Waals surface area contributed by atoms with Gasteiger partial charge in [0.1, 0.15) is 5.92 Å². The van der Waals surface area contributed by atoms with E-state index < -0.39 is 29.4 Å². The van der Waals surface area contributed by atoms with Crippen molar-refractivity contribution in [2.24, 2.45) is 11.8 Å². The van der Waals surface area contributed by atoms with Crippen molar-refractivity contribution in [2.75, 3.05) is 6.61 Å². The first-order chi connectivity index (χ1) is 12.1. The van der Waals surface area contributed by atoms with Crippen molar-refractivity contribution >= 4 is 17.8 Å². The number of amides is 2. The summed E-state index contributed by atoms with van der Waals surface area (Å²) in [5.74, 6) is -4.25. The van der Waals surface area contributed by atoms with Gasteiger partial charge in [-0.1, -0.05) is 33.1 Å². The van der Waals surface area contributed by atoms with Crippen LogP contribution in [0, 0.1) is 11.8 Å². The van der Waals surface area contributed by atoms with Crippen LogP contribution in [0.1, 0.15) is 66.2 Å². The Bertz CT molecular complexity index is 504. The van der Waals surface area contributed by atoms with Gasteiger partial charge in [-0.15, -0.1) is 0 Å². The molecule has 1 aliphatic rings. The van der Waals surface area contributed by atoms with Gasteiger partial charge in [-0.05, 0) is 32.6 Å². The number of ether oxygens (including phenoxy) is 1. The van der Waals surface area contributed by atoms with Gasteiger partial charge in [0.2, 0.25) is 5.72 Å². The molecule has 0 aromatic heterocycles. The van der Waals surface area contributed by atoms with Crippen LogP contribution in [0.3, 0.4) is 0 Å². The van der Waals surface area contributed by atoms with Gasteiger partial charge in [0.15, 0.2) is 0 Å². The number of hydrogen-bond acceptors (Lipinski definition) is 6. The summed E-state index contributed by atoms with van der Waals surface area (Å²) in [6.45, 7) is 6.45. The highest BCUT2D eigenvalue weighted by molar-refractivity contribution is 5.99. The Morgan fingerprint density at radius 1 is 1.19 bits per heavy atom. The number of nitrogens with one attached hydrogen (secondary N) is 1. The molecule has 1 rings (SSSR count). The number of aliphatic hydroxyl groups is 1. The number of rotatable bonds is 8. The molecule has 150 valence electrons. The molecule has 0 radical (unpaired) electrons. The maximum Gasteiger partial charge on any atom is 0.318 e. The second-order valence-electron chi connectivity index (χ2n) is 7.35. The molecule has 1 fully saturated rings. The molecule has 1 aliphatic carbocycles. The van der Waals surface area contributed by atoms with Crippen LogP contribution in [0.2, 0.25) is 0 Å². The minimum atomic E-state index is -2.44. The summed E-state index contributed by atoms with van der Waals surface area (Å²) in [4.78, 5) is 36.9. The van der Waals surface area contributed by atoms with Gasteiger partial charge in [0, 0.05) is 12.5 Å². The molecule has 1 saturated carbocycles. The lowest BCUT2D eigenvalue weighted by Crippen LogP contribution is -2.62.